The fourth-order valence-corrected chi connectivity index (χ4v) is 2.58. The van der Waals surface area contributed by atoms with Gasteiger partial charge in [-0.3, -0.25) is 0 Å². The molecular weight excluding hydrogens is 219 g/mol. The molecule has 16 heavy (non-hydrogen) atoms. The van der Waals surface area contributed by atoms with Crippen LogP contribution in [-0.4, -0.2) is 0 Å². The van der Waals surface area contributed by atoms with Gasteiger partial charge < -0.3 is 0 Å². The van der Waals surface area contributed by atoms with Crippen molar-refractivity contribution in [2.75, 3.05) is 0 Å². The van der Waals surface area contributed by atoms with Gasteiger partial charge in [0.2, 0.25) is 0 Å². The van der Waals surface area contributed by atoms with Gasteiger partial charge in [-0.2, -0.15) is 0 Å². The van der Waals surface area contributed by atoms with Crippen molar-refractivity contribution >= 4 is 11.3 Å². The fourth-order valence-electron chi connectivity index (χ4n) is 1.51. The molecule has 0 bridgehead atoms. The van der Waals surface area contributed by atoms with Crippen LogP contribution in [0.15, 0.2) is 36.4 Å². The van der Waals surface area contributed by atoms with Crippen molar-refractivity contribution < 1.29 is 4.39 Å². The van der Waals surface area contributed by atoms with Crippen LogP contribution >= 0.6 is 11.3 Å². The maximum atomic E-state index is 12.8. The molecule has 84 valence electrons. The van der Waals surface area contributed by atoms with Crippen molar-refractivity contribution in [1.82, 2.24) is 0 Å². The summed E-state index contributed by atoms with van der Waals surface area (Å²) in [7, 11) is 0. The van der Waals surface area contributed by atoms with Crippen molar-refractivity contribution in [1.29, 1.82) is 0 Å². The molecule has 1 heterocycles. The van der Waals surface area contributed by atoms with Crippen LogP contribution in [-0.2, 0) is 5.41 Å². The molecule has 0 N–H and O–H groups in total. The minimum absolute atomic E-state index is 0.183. The molecule has 2 heteroatoms. The van der Waals surface area contributed by atoms with Crippen LogP contribution in [0.3, 0.4) is 0 Å². The van der Waals surface area contributed by atoms with Crippen molar-refractivity contribution in [3.8, 4) is 10.4 Å². The molecular formula is C14H15FS. The second-order valence-electron chi connectivity index (χ2n) is 4.92. The average molecular weight is 234 g/mol. The van der Waals surface area contributed by atoms with Gasteiger partial charge in [-0.25, -0.2) is 4.39 Å². The Morgan fingerprint density at radius 3 is 2.06 bits per heavy atom. The van der Waals surface area contributed by atoms with Gasteiger partial charge in [0.05, 0.1) is 0 Å². The van der Waals surface area contributed by atoms with Crippen LogP contribution < -0.4 is 0 Å². The number of thiophene rings is 1. The predicted molar refractivity (Wildman–Crippen MR) is 68.4 cm³/mol. The molecule has 1 aromatic heterocycles. The Balaban J connectivity index is 2.35. The van der Waals surface area contributed by atoms with Gasteiger partial charge in [0.25, 0.3) is 0 Å². The number of hydrogen-bond donors (Lipinski definition) is 0. The number of halogens is 1. The average Bonchev–Trinajstić information content (AvgIpc) is 2.67. The summed E-state index contributed by atoms with van der Waals surface area (Å²) in [6.07, 6.45) is 0. The van der Waals surface area contributed by atoms with E-state index in [2.05, 4.69) is 32.9 Å². The Morgan fingerprint density at radius 1 is 0.938 bits per heavy atom. The third kappa shape index (κ3) is 2.33. The van der Waals surface area contributed by atoms with E-state index in [1.807, 2.05) is 12.1 Å². The summed E-state index contributed by atoms with van der Waals surface area (Å²) in [6, 6.07) is 10.9. The zero-order chi connectivity index (χ0) is 11.8. The van der Waals surface area contributed by atoms with E-state index in [1.54, 1.807) is 11.3 Å². The first-order valence-electron chi connectivity index (χ1n) is 5.33. The van der Waals surface area contributed by atoms with E-state index in [0.717, 1.165) is 5.56 Å². The monoisotopic (exact) mass is 234 g/mol. The lowest BCUT2D eigenvalue weighted by Gasteiger charge is -2.15. The van der Waals surface area contributed by atoms with Gasteiger partial charge in [0, 0.05) is 9.75 Å². The molecule has 0 fully saturated rings. The maximum absolute atomic E-state index is 12.8. The van der Waals surface area contributed by atoms with E-state index >= 15 is 0 Å². The van der Waals surface area contributed by atoms with Crippen LogP contribution in [0, 0.1) is 5.82 Å². The smallest absolute Gasteiger partial charge is 0.123 e. The maximum Gasteiger partial charge on any atom is 0.123 e. The molecule has 0 amide bonds. The molecule has 0 aliphatic carbocycles. The van der Waals surface area contributed by atoms with Gasteiger partial charge in [-0.05, 0) is 35.2 Å². The van der Waals surface area contributed by atoms with Gasteiger partial charge in [0.15, 0.2) is 0 Å². The molecule has 0 nitrogen and oxygen atoms in total. The molecule has 0 saturated heterocycles. The summed E-state index contributed by atoms with van der Waals surface area (Å²) in [5, 5.41) is 0. The first kappa shape index (κ1) is 11.3. The number of rotatable bonds is 1. The summed E-state index contributed by atoms with van der Waals surface area (Å²) < 4.78 is 12.8. The molecule has 0 aliphatic rings. The second kappa shape index (κ2) is 4.02. The molecule has 0 unspecified atom stereocenters. The first-order chi connectivity index (χ1) is 7.47. The molecule has 0 saturated carbocycles. The molecule has 0 spiro atoms. The van der Waals surface area contributed by atoms with E-state index in [9.17, 15) is 4.39 Å². The largest absolute Gasteiger partial charge is 0.207 e. The molecule has 1 aromatic carbocycles. The van der Waals surface area contributed by atoms with Gasteiger partial charge in [-0.15, -0.1) is 11.3 Å². The normalized spacial score (nSPS) is 11.8. The highest BCUT2D eigenvalue weighted by molar-refractivity contribution is 7.15. The van der Waals surface area contributed by atoms with Crippen molar-refractivity contribution in [2.24, 2.45) is 0 Å². The lowest BCUT2D eigenvalue weighted by Crippen LogP contribution is -2.07. The summed E-state index contributed by atoms with van der Waals surface area (Å²) in [5.74, 6) is -0.184. The Labute approximate surface area is 99.8 Å². The topological polar surface area (TPSA) is 0 Å². The molecule has 0 radical (unpaired) electrons. The lowest BCUT2D eigenvalue weighted by atomic mass is 9.95. The van der Waals surface area contributed by atoms with Gasteiger partial charge in [0.1, 0.15) is 5.82 Å². The summed E-state index contributed by atoms with van der Waals surface area (Å²) in [4.78, 5) is 2.55. The highest BCUT2D eigenvalue weighted by atomic mass is 32.1. The zero-order valence-corrected chi connectivity index (χ0v) is 10.6. The number of hydrogen-bond acceptors (Lipinski definition) is 1. The molecule has 0 aliphatic heterocycles. The minimum Gasteiger partial charge on any atom is -0.207 e. The van der Waals surface area contributed by atoms with E-state index in [1.165, 1.54) is 21.9 Å². The Morgan fingerprint density at radius 2 is 1.56 bits per heavy atom. The fraction of sp³-hybridized carbons (Fsp3) is 0.286. The third-order valence-corrected chi connectivity index (χ3v) is 4.03. The molecule has 0 atom stereocenters. The van der Waals surface area contributed by atoms with E-state index in [0.29, 0.717) is 0 Å². The quantitative estimate of drug-likeness (QED) is 0.661. The van der Waals surface area contributed by atoms with Crippen LogP contribution in [0.25, 0.3) is 10.4 Å². The Bertz CT molecular complexity index is 474. The van der Waals surface area contributed by atoms with Crippen LogP contribution in [0.1, 0.15) is 25.6 Å². The summed E-state index contributed by atoms with van der Waals surface area (Å²) >= 11 is 1.78. The highest BCUT2D eigenvalue weighted by Crippen LogP contribution is 2.34. The van der Waals surface area contributed by atoms with Crippen LogP contribution in [0.4, 0.5) is 4.39 Å². The minimum atomic E-state index is -0.184. The van der Waals surface area contributed by atoms with Crippen LogP contribution in [0.2, 0.25) is 0 Å². The summed E-state index contributed by atoms with van der Waals surface area (Å²) in [5.41, 5.74) is 1.27. The predicted octanol–water partition coefficient (Wildman–Crippen LogP) is 4.85. The first-order valence-corrected chi connectivity index (χ1v) is 6.15. The van der Waals surface area contributed by atoms with Gasteiger partial charge in [-0.1, -0.05) is 32.9 Å². The second-order valence-corrected chi connectivity index (χ2v) is 6.00. The van der Waals surface area contributed by atoms with E-state index < -0.39 is 0 Å². The standard InChI is InChI=1S/C14H15FS/c1-14(2,3)13-9-8-12(16-13)10-4-6-11(15)7-5-10/h4-9H,1-3H3. The summed E-state index contributed by atoms with van der Waals surface area (Å²) in [6.45, 7) is 6.60. The molecule has 2 rings (SSSR count). The molecule has 2 aromatic rings. The zero-order valence-electron chi connectivity index (χ0n) is 9.75. The van der Waals surface area contributed by atoms with Crippen molar-refractivity contribution in [3.05, 3.63) is 47.1 Å². The highest BCUT2D eigenvalue weighted by Gasteiger charge is 2.16. The third-order valence-electron chi connectivity index (χ3n) is 2.47. The number of benzene rings is 1. The van der Waals surface area contributed by atoms with Crippen LogP contribution in [0.5, 0.6) is 0 Å². The van der Waals surface area contributed by atoms with Crippen molar-refractivity contribution in [3.63, 3.8) is 0 Å². The van der Waals surface area contributed by atoms with E-state index in [-0.39, 0.29) is 11.2 Å². The Kier molecular flexibility index (Phi) is 2.85. The Hall–Kier alpha value is -1.15. The SMILES string of the molecule is CC(C)(C)c1ccc(-c2ccc(F)cc2)s1. The van der Waals surface area contributed by atoms with Crippen molar-refractivity contribution in [2.45, 2.75) is 26.2 Å². The van der Waals surface area contributed by atoms with E-state index in [4.69, 9.17) is 0 Å². The lowest BCUT2D eigenvalue weighted by molar-refractivity contribution is 0.604. The van der Waals surface area contributed by atoms with Gasteiger partial charge >= 0.3 is 0 Å².